The van der Waals surface area contributed by atoms with Crippen LogP contribution in [0.1, 0.15) is 11.1 Å². The molecule has 0 radical (unpaired) electrons. The van der Waals surface area contributed by atoms with E-state index in [1.807, 2.05) is 47.4 Å². The first-order valence-corrected chi connectivity index (χ1v) is 10.0. The van der Waals surface area contributed by atoms with Gasteiger partial charge in [0.25, 0.3) is 0 Å². The Morgan fingerprint density at radius 3 is 2.48 bits per heavy atom. The molecule has 0 aliphatic carbocycles. The lowest BCUT2D eigenvalue weighted by Crippen LogP contribution is -2.65. The van der Waals surface area contributed by atoms with Crippen LogP contribution in [0.3, 0.4) is 0 Å². The number of piperazine rings is 1. The zero-order valence-corrected chi connectivity index (χ0v) is 16.8. The van der Waals surface area contributed by atoms with Crippen molar-refractivity contribution in [1.29, 1.82) is 0 Å². The first-order valence-electron chi connectivity index (χ1n) is 10.0. The summed E-state index contributed by atoms with van der Waals surface area (Å²) >= 11 is 0. The summed E-state index contributed by atoms with van der Waals surface area (Å²) in [5, 5.41) is 3.25. The van der Waals surface area contributed by atoms with E-state index >= 15 is 0 Å². The van der Waals surface area contributed by atoms with Crippen LogP contribution in [-0.2, 0) is 22.6 Å². The highest BCUT2D eigenvalue weighted by Crippen LogP contribution is 2.31. The van der Waals surface area contributed by atoms with Crippen LogP contribution in [0.25, 0.3) is 0 Å². The van der Waals surface area contributed by atoms with Gasteiger partial charge in [-0.05, 0) is 29.7 Å². The molecule has 2 heterocycles. The topological polar surface area (TPSA) is 61.9 Å². The molecule has 1 N–H and O–H groups in total. The standard InChI is InChI=1S/C23H27N3O3/c1-29-20-9-5-8-19(12-20)14-25-10-11-26(15-21(25)27)22(28)23(16-24-17-23)13-18-6-3-2-4-7-18/h2-9,12,24H,10-11,13-17H2,1H3. The number of ether oxygens (including phenoxy) is 1. The van der Waals surface area contributed by atoms with Crippen LogP contribution in [0.2, 0.25) is 0 Å². The molecule has 2 amide bonds. The summed E-state index contributed by atoms with van der Waals surface area (Å²) in [5.74, 6) is 0.869. The highest BCUT2D eigenvalue weighted by atomic mass is 16.5. The SMILES string of the molecule is COc1cccc(CN2CCN(C(=O)C3(Cc4ccccc4)CNC3)CC2=O)c1. The van der Waals surface area contributed by atoms with Crippen molar-refractivity contribution >= 4 is 11.8 Å². The van der Waals surface area contributed by atoms with Gasteiger partial charge in [-0.15, -0.1) is 0 Å². The minimum atomic E-state index is -0.434. The molecular formula is C23H27N3O3. The van der Waals surface area contributed by atoms with Crippen LogP contribution in [0.4, 0.5) is 0 Å². The van der Waals surface area contributed by atoms with Gasteiger partial charge in [0.15, 0.2) is 0 Å². The maximum Gasteiger partial charge on any atom is 0.242 e. The first-order chi connectivity index (χ1) is 14.1. The normalized spacial score (nSPS) is 18.3. The quantitative estimate of drug-likeness (QED) is 0.812. The van der Waals surface area contributed by atoms with Crippen molar-refractivity contribution < 1.29 is 14.3 Å². The van der Waals surface area contributed by atoms with Gasteiger partial charge in [0.2, 0.25) is 11.8 Å². The molecule has 6 heteroatoms. The van der Waals surface area contributed by atoms with E-state index in [0.717, 1.165) is 16.9 Å². The molecule has 2 aliphatic rings. The van der Waals surface area contributed by atoms with Gasteiger partial charge in [-0.2, -0.15) is 0 Å². The molecule has 4 rings (SSSR count). The highest BCUT2D eigenvalue weighted by Gasteiger charge is 2.47. The number of amides is 2. The van der Waals surface area contributed by atoms with Crippen molar-refractivity contribution in [2.45, 2.75) is 13.0 Å². The predicted octanol–water partition coefficient (Wildman–Crippen LogP) is 1.70. The lowest BCUT2D eigenvalue weighted by atomic mass is 9.75. The molecule has 2 aromatic carbocycles. The second-order valence-electron chi connectivity index (χ2n) is 7.94. The Morgan fingerprint density at radius 1 is 1.07 bits per heavy atom. The van der Waals surface area contributed by atoms with E-state index in [2.05, 4.69) is 17.4 Å². The summed E-state index contributed by atoms with van der Waals surface area (Å²) in [7, 11) is 1.63. The number of hydrogen-bond donors (Lipinski definition) is 1. The Balaban J connectivity index is 1.39. The second kappa shape index (κ2) is 8.25. The molecule has 2 fully saturated rings. The minimum absolute atomic E-state index is 0.00503. The van der Waals surface area contributed by atoms with E-state index in [1.165, 1.54) is 0 Å². The Hall–Kier alpha value is -2.86. The van der Waals surface area contributed by atoms with Crippen LogP contribution in [0.5, 0.6) is 5.75 Å². The van der Waals surface area contributed by atoms with Crippen LogP contribution in [0, 0.1) is 5.41 Å². The van der Waals surface area contributed by atoms with Crippen LogP contribution < -0.4 is 10.1 Å². The lowest BCUT2D eigenvalue weighted by molar-refractivity contribution is -0.154. The number of hydrogen-bond acceptors (Lipinski definition) is 4. The third-order valence-corrected chi connectivity index (χ3v) is 5.88. The van der Waals surface area contributed by atoms with Gasteiger partial charge < -0.3 is 19.9 Å². The van der Waals surface area contributed by atoms with Crippen molar-refractivity contribution in [3.63, 3.8) is 0 Å². The number of benzene rings is 2. The van der Waals surface area contributed by atoms with E-state index in [9.17, 15) is 9.59 Å². The van der Waals surface area contributed by atoms with E-state index in [4.69, 9.17) is 4.74 Å². The Bertz CT molecular complexity index is 880. The summed E-state index contributed by atoms with van der Waals surface area (Å²) in [4.78, 5) is 29.6. The van der Waals surface area contributed by atoms with E-state index < -0.39 is 5.41 Å². The van der Waals surface area contributed by atoms with Crippen LogP contribution in [0.15, 0.2) is 54.6 Å². The zero-order chi connectivity index (χ0) is 20.3. The number of methoxy groups -OCH3 is 1. The molecule has 29 heavy (non-hydrogen) atoms. The van der Waals surface area contributed by atoms with Gasteiger partial charge in [0.1, 0.15) is 5.75 Å². The fraction of sp³-hybridized carbons (Fsp3) is 0.391. The third-order valence-electron chi connectivity index (χ3n) is 5.88. The molecule has 152 valence electrons. The summed E-state index contributed by atoms with van der Waals surface area (Å²) in [6.07, 6.45) is 0.706. The molecule has 0 saturated carbocycles. The van der Waals surface area contributed by atoms with Gasteiger partial charge >= 0.3 is 0 Å². The first kappa shape index (κ1) is 19.5. The fourth-order valence-electron chi connectivity index (χ4n) is 4.14. The molecule has 0 unspecified atom stereocenters. The van der Waals surface area contributed by atoms with Crippen LogP contribution in [-0.4, -0.2) is 61.4 Å². The Labute approximate surface area is 171 Å². The van der Waals surface area contributed by atoms with Crippen molar-refractivity contribution in [3.05, 3.63) is 65.7 Å². The number of carbonyl (C=O) groups is 2. The predicted molar refractivity (Wildman–Crippen MR) is 110 cm³/mol. The van der Waals surface area contributed by atoms with E-state index in [0.29, 0.717) is 39.1 Å². The molecule has 2 aliphatic heterocycles. The average Bonchev–Trinajstić information content (AvgIpc) is 2.72. The number of carbonyl (C=O) groups excluding carboxylic acids is 2. The lowest BCUT2D eigenvalue weighted by Gasteiger charge is -2.46. The van der Waals surface area contributed by atoms with Crippen molar-refractivity contribution in [1.82, 2.24) is 15.1 Å². The van der Waals surface area contributed by atoms with Crippen molar-refractivity contribution in [3.8, 4) is 5.75 Å². The Morgan fingerprint density at radius 2 is 1.83 bits per heavy atom. The summed E-state index contributed by atoms with van der Waals surface area (Å²) in [6.45, 7) is 3.15. The number of nitrogens with one attached hydrogen (secondary N) is 1. The fourth-order valence-corrected chi connectivity index (χ4v) is 4.14. The smallest absolute Gasteiger partial charge is 0.242 e. The molecule has 2 aromatic rings. The van der Waals surface area contributed by atoms with Crippen molar-refractivity contribution in [2.75, 3.05) is 39.8 Å². The molecule has 0 aromatic heterocycles. The monoisotopic (exact) mass is 393 g/mol. The minimum Gasteiger partial charge on any atom is -0.497 e. The highest BCUT2D eigenvalue weighted by molar-refractivity contribution is 5.90. The molecule has 2 saturated heterocycles. The van der Waals surface area contributed by atoms with Gasteiger partial charge in [0, 0.05) is 32.7 Å². The van der Waals surface area contributed by atoms with Crippen molar-refractivity contribution in [2.24, 2.45) is 5.41 Å². The molecular weight excluding hydrogens is 366 g/mol. The maximum absolute atomic E-state index is 13.3. The van der Waals surface area contributed by atoms with Gasteiger partial charge in [-0.1, -0.05) is 42.5 Å². The number of rotatable bonds is 6. The third kappa shape index (κ3) is 4.12. The molecule has 0 bridgehead atoms. The van der Waals surface area contributed by atoms with Gasteiger partial charge in [0.05, 0.1) is 19.1 Å². The van der Waals surface area contributed by atoms with E-state index in [1.54, 1.807) is 12.0 Å². The van der Waals surface area contributed by atoms with E-state index in [-0.39, 0.29) is 18.4 Å². The summed E-state index contributed by atoms with van der Waals surface area (Å²) < 4.78 is 5.26. The van der Waals surface area contributed by atoms with Gasteiger partial charge in [-0.25, -0.2) is 0 Å². The second-order valence-corrected chi connectivity index (χ2v) is 7.94. The molecule has 6 nitrogen and oxygen atoms in total. The summed E-state index contributed by atoms with van der Waals surface area (Å²) in [6, 6.07) is 17.9. The largest absolute Gasteiger partial charge is 0.497 e. The zero-order valence-electron chi connectivity index (χ0n) is 16.8. The van der Waals surface area contributed by atoms with Crippen LogP contribution >= 0.6 is 0 Å². The molecule has 0 spiro atoms. The maximum atomic E-state index is 13.3. The molecule has 0 atom stereocenters. The number of nitrogens with zero attached hydrogens (tertiary/aromatic N) is 2. The average molecular weight is 393 g/mol. The van der Waals surface area contributed by atoms with Gasteiger partial charge in [-0.3, -0.25) is 9.59 Å². The summed E-state index contributed by atoms with van der Waals surface area (Å²) in [5.41, 5.74) is 1.75. The Kier molecular flexibility index (Phi) is 5.53.